The zero-order chi connectivity index (χ0) is 12.1. The van der Waals surface area contributed by atoms with Crippen LogP contribution in [0.25, 0.3) is 0 Å². The van der Waals surface area contributed by atoms with Crippen LogP contribution < -0.4 is 4.90 Å². The fraction of sp³-hybridized carbons (Fsp3) is 0.500. The van der Waals surface area contributed by atoms with Gasteiger partial charge < -0.3 is 4.74 Å². The van der Waals surface area contributed by atoms with Gasteiger partial charge in [-0.1, -0.05) is 0 Å². The average Bonchev–Trinajstić information content (AvgIpc) is 2.71. The third-order valence-electron chi connectivity index (χ3n) is 2.04. The molecule has 0 N–H and O–H groups in total. The van der Waals surface area contributed by atoms with Gasteiger partial charge in [0.05, 0.1) is 19.2 Å². The van der Waals surface area contributed by atoms with E-state index in [1.807, 2.05) is 12.3 Å². The van der Waals surface area contributed by atoms with Crippen LogP contribution in [0.2, 0.25) is 0 Å². The standard InChI is InChI=1S/C10H14N2O3S/c1-7-6-16-10(11-7)12(2)8(13)4-5-9(14)15-3/h6H,4-5H2,1-3H3. The highest BCUT2D eigenvalue weighted by Crippen LogP contribution is 2.19. The SMILES string of the molecule is COC(=O)CCC(=O)N(C)c1nc(C)cs1. The summed E-state index contributed by atoms with van der Waals surface area (Å²) in [6.45, 7) is 1.87. The van der Waals surface area contributed by atoms with Gasteiger partial charge in [-0.15, -0.1) is 11.3 Å². The maximum atomic E-state index is 11.7. The van der Waals surface area contributed by atoms with Gasteiger partial charge in [0.2, 0.25) is 5.91 Å². The second-order valence-electron chi connectivity index (χ2n) is 3.30. The van der Waals surface area contributed by atoms with Crippen LogP contribution in [0.5, 0.6) is 0 Å². The monoisotopic (exact) mass is 242 g/mol. The molecule has 0 bridgehead atoms. The molecule has 5 nitrogen and oxygen atoms in total. The Morgan fingerprint density at radius 2 is 2.19 bits per heavy atom. The Morgan fingerprint density at radius 1 is 1.50 bits per heavy atom. The molecule has 0 unspecified atom stereocenters. The van der Waals surface area contributed by atoms with Crippen molar-refractivity contribution in [3.05, 3.63) is 11.1 Å². The molecule has 16 heavy (non-hydrogen) atoms. The van der Waals surface area contributed by atoms with Gasteiger partial charge in [0.25, 0.3) is 0 Å². The average molecular weight is 242 g/mol. The van der Waals surface area contributed by atoms with Crippen molar-refractivity contribution in [2.45, 2.75) is 19.8 Å². The molecule has 6 heteroatoms. The summed E-state index contributed by atoms with van der Waals surface area (Å²) >= 11 is 1.40. The van der Waals surface area contributed by atoms with Crippen LogP contribution in [0.1, 0.15) is 18.5 Å². The molecule has 1 aromatic rings. The van der Waals surface area contributed by atoms with Gasteiger partial charge in [0.15, 0.2) is 5.13 Å². The minimum absolute atomic E-state index is 0.101. The molecule has 0 aliphatic carbocycles. The Kier molecular flexibility index (Phi) is 4.42. The molecule has 0 saturated heterocycles. The van der Waals surface area contributed by atoms with Gasteiger partial charge in [-0.3, -0.25) is 14.5 Å². The van der Waals surface area contributed by atoms with E-state index < -0.39 is 0 Å². The molecular weight excluding hydrogens is 228 g/mol. The number of carbonyl (C=O) groups excluding carboxylic acids is 2. The molecule has 0 aliphatic rings. The number of amides is 1. The Bertz CT molecular complexity index is 389. The van der Waals surface area contributed by atoms with Crippen LogP contribution in [0.3, 0.4) is 0 Å². The lowest BCUT2D eigenvalue weighted by Crippen LogP contribution is -2.26. The zero-order valence-corrected chi connectivity index (χ0v) is 10.3. The summed E-state index contributed by atoms with van der Waals surface area (Å²) in [5, 5.41) is 2.52. The Morgan fingerprint density at radius 3 is 2.69 bits per heavy atom. The van der Waals surface area contributed by atoms with Crippen LogP contribution in [0.4, 0.5) is 5.13 Å². The molecule has 1 aromatic heterocycles. The summed E-state index contributed by atoms with van der Waals surface area (Å²) < 4.78 is 4.47. The predicted octanol–water partition coefficient (Wildman–Crippen LogP) is 1.37. The molecule has 88 valence electrons. The summed E-state index contributed by atoms with van der Waals surface area (Å²) in [4.78, 5) is 28.2. The summed E-state index contributed by atoms with van der Waals surface area (Å²) in [5.74, 6) is -0.517. The quantitative estimate of drug-likeness (QED) is 0.748. The number of aryl methyl sites for hydroxylation is 1. The largest absolute Gasteiger partial charge is 0.469 e. The van der Waals surface area contributed by atoms with Crippen molar-refractivity contribution >= 4 is 28.3 Å². The number of esters is 1. The number of hydrogen-bond donors (Lipinski definition) is 0. The Hall–Kier alpha value is -1.43. The summed E-state index contributed by atoms with van der Waals surface area (Å²) in [7, 11) is 2.96. The van der Waals surface area contributed by atoms with Crippen LogP contribution in [-0.4, -0.2) is 31.0 Å². The first-order valence-corrected chi connectivity index (χ1v) is 5.68. The van der Waals surface area contributed by atoms with Gasteiger partial charge in [0.1, 0.15) is 0 Å². The molecule has 0 radical (unpaired) electrons. The fourth-order valence-corrected chi connectivity index (χ4v) is 1.87. The number of aromatic nitrogens is 1. The third kappa shape index (κ3) is 3.30. The number of methoxy groups -OCH3 is 1. The molecule has 1 heterocycles. The van der Waals surface area contributed by atoms with Crippen molar-refractivity contribution in [3.63, 3.8) is 0 Å². The smallest absolute Gasteiger partial charge is 0.306 e. The first kappa shape index (κ1) is 12.6. The van der Waals surface area contributed by atoms with Gasteiger partial charge in [-0.05, 0) is 6.92 Å². The van der Waals surface area contributed by atoms with E-state index in [-0.39, 0.29) is 24.7 Å². The van der Waals surface area contributed by atoms with Gasteiger partial charge in [0, 0.05) is 18.8 Å². The molecule has 1 amide bonds. The number of anilines is 1. The lowest BCUT2D eigenvalue weighted by atomic mass is 10.3. The zero-order valence-electron chi connectivity index (χ0n) is 9.52. The normalized spacial score (nSPS) is 9.94. The van der Waals surface area contributed by atoms with E-state index in [9.17, 15) is 9.59 Å². The van der Waals surface area contributed by atoms with Gasteiger partial charge in [-0.2, -0.15) is 0 Å². The number of ether oxygens (including phenoxy) is 1. The van der Waals surface area contributed by atoms with Crippen LogP contribution in [0, 0.1) is 6.92 Å². The second kappa shape index (κ2) is 5.60. The Labute approximate surface area is 98.0 Å². The highest BCUT2D eigenvalue weighted by molar-refractivity contribution is 7.14. The molecule has 0 atom stereocenters. The summed E-state index contributed by atoms with van der Waals surface area (Å²) in [6.07, 6.45) is 0.242. The maximum absolute atomic E-state index is 11.7. The first-order chi connectivity index (χ1) is 7.54. The number of rotatable bonds is 4. The molecule has 0 aliphatic heterocycles. The minimum Gasteiger partial charge on any atom is -0.469 e. The van der Waals surface area contributed by atoms with Crippen LogP contribution in [0.15, 0.2) is 5.38 Å². The number of nitrogens with zero attached hydrogens (tertiary/aromatic N) is 2. The van der Waals surface area contributed by atoms with Crippen molar-refractivity contribution in [1.29, 1.82) is 0 Å². The highest BCUT2D eigenvalue weighted by atomic mass is 32.1. The van der Waals surface area contributed by atoms with Gasteiger partial charge >= 0.3 is 5.97 Å². The minimum atomic E-state index is -0.378. The number of hydrogen-bond acceptors (Lipinski definition) is 5. The molecule has 0 fully saturated rings. The van der Waals surface area contributed by atoms with Crippen LogP contribution in [-0.2, 0) is 14.3 Å². The second-order valence-corrected chi connectivity index (χ2v) is 4.14. The lowest BCUT2D eigenvalue weighted by molar-refractivity contribution is -0.141. The van der Waals surface area contributed by atoms with E-state index in [1.54, 1.807) is 7.05 Å². The van der Waals surface area contributed by atoms with Crippen molar-refractivity contribution in [3.8, 4) is 0 Å². The fourth-order valence-electron chi connectivity index (χ4n) is 1.08. The molecular formula is C10H14N2O3S. The third-order valence-corrected chi connectivity index (χ3v) is 3.07. The molecule has 0 saturated carbocycles. The van der Waals surface area contributed by atoms with E-state index in [4.69, 9.17) is 0 Å². The topological polar surface area (TPSA) is 59.5 Å². The van der Waals surface area contributed by atoms with Crippen LogP contribution >= 0.6 is 11.3 Å². The maximum Gasteiger partial charge on any atom is 0.306 e. The summed E-state index contributed by atoms with van der Waals surface area (Å²) in [6, 6.07) is 0. The van der Waals surface area contributed by atoms with Crippen molar-refractivity contribution in [2.24, 2.45) is 0 Å². The predicted molar refractivity (Wildman–Crippen MR) is 61.5 cm³/mol. The van der Waals surface area contributed by atoms with Crippen molar-refractivity contribution in [1.82, 2.24) is 4.98 Å². The molecule has 1 rings (SSSR count). The number of carbonyl (C=O) groups is 2. The lowest BCUT2D eigenvalue weighted by Gasteiger charge is -2.12. The molecule has 0 aromatic carbocycles. The molecule has 0 spiro atoms. The van der Waals surface area contributed by atoms with E-state index in [2.05, 4.69) is 9.72 Å². The number of thiazole rings is 1. The first-order valence-electron chi connectivity index (χ1n) is 4.80. The van der Waals surface area contributed by atoms with Gasteiger partial charge in [-0.25, -0.2) is 4.98 Å². The van der Waals surface area contributed by atoms with E-state index >= 15 is 0 Å². The van der Waals surface area contributed by atoms with E-state index in [0.717, 1.165) is 5.69 Å². The Balaban J connectivity index is 2.51. The van der Waals surface area contributed by atoms with E-state index in [0.29, 0.717) is 5.13 Å². The van der Waals surface area contributed by atoms with Crippen molar-refractivity contribution in [2.75, 3.05) is 19.1 Å². The highest BCUT2D eigenvalue weighted by Gasteiger charge is 2.15. The van der Waals surface area contributed by atoms with E-state index in [1.165, 1.54) is 23.3 Å². The van der Waals surface area contributed by atoms with Crippen molar-refractivity contribution < 1.29 is 14.3 Å². The summed E-state index contributed by atoms with van der Waals surface area (Å²) in [5.41, 5.74) is 0.882.